The highest BCUT2D eigenvalue weighted by molar-refractivity contribution is 5.96. The number of likely N-dealkylation sites (tertiary alicyclic amines) is 1. The summed E-state index contributed by atoms with van der Waals surface area (Å²) in [4.78, 5) is 31.6. The van der Waals surface area contributed by atoms with Gasteiger partial charge in [0.05, 0.1) is 6.04 Å². The number of rotatable bonds is 2. The second kappa shape index (κ2) is 6.77. The summed E-state index contributed by atoms with van der Waals surface area (Å²) in [6.07, 6.45) is 2.05. The molecule has 3 aliphatic heterocycles. The van der Waals surface area contributed by atoms with Crippen molar-refractivity contribution in [2.75, 3.05) is 39.8 Å². The minimum Gasteiger partial charge on any atom is -0.338 e. The third-order valence-electron chi connectivity index (χ3n) is 5.80. The van der Waals surface area contributed by atoms with Gasteiger partial charge in [-0.15, -0.1) is 0 Å². The summed E-state index contributed by atoms with van der Waals surface area (Å²) in [5.41, 5.74) is 3.18. The maximum absolute atomic E-state index is 12.9. The molecule has 3 aliphatic rings. The van der Waals surface area contributed by atoms with Crippen LogP contribution in [0.1, 0.15) is 34.3 Å². The summed E-state index contributed by atoms with van der Waals surface area (Å²) in [6.45, 7) is 5.14. The van der Waals surface area contributed by atoms with E-state index in [0.29, 0.717) is 26.2 Å². The van der Waals surface area contributed by atoms with E-state index in [0.717, 1.165) is 43.6 Å². The quantitative estimate of drug-likeness (QED) is 0.858. The van der Waals surface area contributed by atoms with Crippen LogP contribution in [0.15, 0.2) is 18.2 Å². The van der Waals surface area contributed by atoms with Crippen LogP contribution in [0.5, 0.6) is 0 Å². The van der Waals surface area contributed by atoms with Gasteiger partial charge in [0.15, 0.2) is 0 Å². The van der Waals surface area contributed by atoms with Crippen LogP contribution >= 0.6 is 0 Å². The van der Waals surface area contributed by atoms with Gasteiger partial charge in [0.25, 0.3) is 5.91 Å². The minimum atomic E-state index is 0.0331. The Balaban J connectivity index is 1.40. The van der Waals surface area contributed by atoms with Gasteiger partial charge in [0, 0.05) is 44.8 Å². The monoisotopic (exact) mass is 342 g/mol. The number of hydrogen-bond acceptors (Lipinski definition) is 4. The highest BCUT2D eigenvalue weighted by Crippen LogP contribution is 2.22. The number of carbonyl (C=O) groups excluding carboxylic acids is 2. The Morgan fingerprint density at radius 3 is 2.52 bits per heavy atom. The molecule has 0 aliphatic carbocycles. The van der Waals surface area contributed by atoms with Gasteiger partial charge in [-0.25, -0.2) is 0 Å². The standard InChI is InChI=1S/C19H26N4O2/c1-21-7-3-6-17(21)19(25)23-10-8-22(9-11-23)18(24)15-5-2-4-14-12-20-13-16(14)15/h2,4-5,17,20H,3,6-13H2,1H3. The van der Waals surface area contributed by atoms with E-state index in [1.807, 2.05) is 29.0 Å². The lowest BCUT2D eigenvalue weighted by atomic mass is 10.0. The van der Waals surface area contributed by atoms with E-state index in [1.165, 1.54) is 5.56 Å². The average Bonchev–Trinajstić information content (AvgIpc) is 3.29. The van der Waals surface area contributed by atoms with Crippen molar-refractivity contribution in [3.8, 4) is 0 Å². The SMILES string of the molecule is CN1CCCC1C(=O)N1CCN(C(=O)c2cccc3c2CNC3)CC1. The van der Waals surface area contributed by atoms with Gasteiger partial charge in [-0.2, -0.15) is 0 Å². The van der Waals surface area contributed by atoms with Crippen molar-refractivity contribution in [2.45, 2.75) is 32.0 Å². The number of nitrogens with zero attached hydrogens (tertiary/aromatic N) is 3. The van der Waals surface area contributed by atoms with Crippen LogP contribution in [0.4, 0.5) is 0 Å². The first-order chi connectivity index (χ1) is 12.1. The molecule has 1 aromatic carbocycles. The van der Waals surface area contributed by atoms with Crippen LogP contribution < -0.4 is 5.32 Å². The molecule has 0 bridgehead atoms. The Morgan fingerprint density at radius 2 is 1.80 bits per heavy atom. The molecule has 0 aromatic heterocycles. The van der Waals surface area contributed by atoms with Crippen LogP contribution in [0, 0.1) is 0 Å². The van der Waals surface area contributed by atoms with E-state index in [4.69, 9.17) is 0 Å². The van der Waals surface area contributed by atoms with Crippen molar-refractivity contribution >= 4 is 11.8 Å². The van der Waals surface area contributed by atoms with E-state index in [-0.39, 0.29) is 17.9 Å². The summed E-state index contributed by atoms with van der Waals surface area (Å²) < 4.78 is 0. The molecule has 0 spiro atoms. The zero-order valence-electron chi connectivity index (χ0n) is 14.8. The second-order valence-corrected chi connectivity index (χ2v) is 7.30. The highest BCUT2D eigenvalue weighted by Gasteiger charge is 2.34. The topological polar surface area (TPSA) is 55.9 Å². The van der Waals surface area contributed by atoms with Crippen molar-refractivity contribution < 1.29 is 9.59 Å². The molecular formula is C19H26N4O2. The Kier molecular flexibility index (Phi) is 4.48. The maximum Gasteiger partial charge on any atom is 0.254 e. The summed E-state index contributed by atoms with van der Waals surface area (Å²) in [5, 5.41) is 3.31. The fraction of sp³-hybridized carbons (Fsp3) is 0.579. The van der Waals surface area contributed by atoms with Gasteiger partial charge in [-0.05, 0) is 43.6 Å². The third kappa shape index (κ3) is 3.04. The number of likely N-dealkylation sites (N-methyl/N-ethyl adjacent to an activating group) is 1. The molecule has 0 radical (unpaired) electrons. The van der Waals surface area contributed by atoms with Gasteiger partial charge in [0.2, 0.25) is 5.91 Å². The molecule has 6 nitrogen and oxygen atoms in total. The Morgan fingerprint density at radius 1 is 1.04 bits per heavy atom. The predicted octanol–water partition coefficient (Wildman–Crippen LogP) is 0.668. The third-order valence-corrected chi connectivity index (χ3v) is 5.80. The number of piperazine rings is 1. The summed E-state index contributed by atoms with van der Waals surface area (Å²) in [5.74, 6) is 0.336. The van der Waals surface area contributed by atoms with Gasteiger partial charge in [-0.1, -0.05) is 12.1 Å². The molecule has 1 N–H and O–H groups in total. The fourth-order valence-electron chi connectivity index (χ4n) is 4.26. The molecule has 4 rings (SSSR count). The van der Waals surface area contributed by atoms with Crippen molar-refractivity contribution in [2.24, 2.45) is 0 Å². The van der Waals surface area contributed by atoms with Gasteiger partial charge in [0.1, 0.15) is 0 Å². The summed E-state index contributed by atoms with van der Waals surface area (Å²) in [6, 6.07) is 6.01. The van der Waals surface area contributed by atoms with Crippen LogP contribution in [0.3, 0.4) is 0 Å². The lowest BCUT2D eigenvalue weighted by Crippen LogP contribution is -2.54. The van der Waals surface area contributed by atoms with Crippen molar-refractivity contribution in [1.29, 1.82) is 0 Å². The lowest BCUT2D eigenvalue weighted by Gasteiger charge is -2.37. The average molecular weight is 342 g/mol. The summed E-state index contributed by atoms with van der Waals surface area (Å²) >= 11 is 0. The van der Waals surface area contributed by atoms with Gasteiger partial charge >= 0.3 is 0 Å². The first kappa shape index (κ1) is 16.5. The largest absolute Gasteiger partial charge is 0.338 e. The number of hydrogen-bond donors (Lipinski definition) is 1. The van der Waals surface area contributed by atoms with E-state index >= 15 is 0 Å². The van der Waals surface area contributed by atoms with Crippen LogP contribution in [-0.2, 0) is 17.9 Å². The molecule has 1 unspecified atom stereocenters. The molecular weight excluding hydrogens is 316 g/mol. The molecule has 25 heavy (non-hydrogen) atoms. The molecule has 0 saturated carbocycles. The van der Waals surface area contributed by atoms with Crippen molar-refractivity contribution in [1.82, 2.24) is 20.0 Å². The minimum absolute atomic E-state index is 0.0331. The van der Waals surface area contributed by atoms with Gasteiger partial charge in [-0.3, -0.25) is 14.5 Å². The number of carbonyl (C=O) groups is 2. The Hall–Kier alpha value is -1.92. The molecule has 2 saturated heterocycles. The second-order valence-electron chi connectivity index (χ2n) is 7.30. The van der Waals surface area contributed by atoms with Crippen LogP contribution in [-0.4, -0.2) is 72.3 Å². The lowest BCUT2D eigenvalue weighted by molar-refractivity contribution is -0.137. The molecule has 134 valence electrons. The molecule has 1 atom stereocenters. The number of benzene rings is 1. The molecule has 6 heteroatoms. The normalized spacial score (nSPS) is 23.8. The maximum atomic E-state index is 12.9. The van der Waals surface area contributed by atoms with Crippen LogP contribution in [0.2, 0.25) is 0 Å². The summed E-state index contributed by atoms with van der Waals surface area (Å²) in [7, 11) is 2.03. The van der Waals surface area contributed by atoms with E-state index < -0.39 is 0 Å². The van der Waals surface area contributed by atoms with Crippen molar-refractivity contribution in [3.63, 3.8) is 0 Å². The highest BCUT2D eigenvalue weighted by atomic mass is 16.2. The molecule has 1 aromatic rings. The Bertz CT molecular complexity index is 682. The smallest absolute Gasteiger partial charge is 0.254 e. The number of amides is 2. The molecule has 3 heterocycles. The number of nitrogens with one attached hydrogen (secondary N) is 1. The first-order valence-electron chi connectivity index (χ1n) is 9.25. The zero-order valence-corrected chi connectivity index (χ0v) is 14.8. The fourth-order valence-corrected chi connectivity index (χ4v) is 4.26. The Labute approximate surface area is 148 Å². The van der Waals surface area contributed by atoms with E-state index in [2.05, 4.69) is 16.3 Å². The molecule has 2 amide bonds. The van der Waals surface area contributed by atoms with Crippen LogP contribution in [0.25, 0.3) is 0 Å². The van der Waals surface area contributed by atoms with E-state index in [9.17, 15) is 9.59 Å². The molecule has 2 fully saturated rings. The van der Waals surface area contributed by atoms with E-state index in [1.54, 1.807) is 0 Å². The predicted molar refractivity (Wildman–Crippen MR) is 95.1 cm³/mol. The van der Waals surface area contributed by atoms with Gasteiger partial charge < -0.3 is 15.1 Å². The zero-order chi connectivity index (χ0) is 17.4. The number of fused-ring (bicyclic) bond motifs is 1. The van der Waals surface area contributed by atoms with Crippen molar-refractivity contribution in [3.05, 3.63) is 34.9 Å². The first-order valence-corrected chi connectivity index (χ1v) is 9.25.